The molecule has 120 valence electrons. The smallest absolute Gasteiger partial charge is 0.258 e. The van der Waals surface area contributed by atoms with Gasteiger partial charge in [-0.05, 0) is 42.8 Å². The molecular formula is C18H19FN2O2. The molecule has 2 aromatic carbocycles. The average molecular weight is 314 g/mol. The third-order valence-corrected chi connectivity index (χ3v) is 4.09. The maximum atomic E-state index is 13.6. The molecule has 1 saturated heterocycles. The van der Waals surface area contributed by atoms with E-state index in [1.54, 1.807) is 19.2 Å². The lowest BCUT2D eigenvalue weighted by Gasteiger charge is -2.18. The molecule has 1 unspecified atom stereocenters. The van der Waals surface area contributed by atoms with Gasteiger partial charge in [-0.2, -0.15) is 0 Å². The fourth-order valence-corrected chi connectivity index (χ4v) is 2.75. The first-order valence-corrected chi connectivity index (χ1v) is 7.61. The highest BCUT2D eigenvalue weighted by Crippen LogP contribution is 2.23. The summed E-state index contributed by atoms with van der Waals surface area (Å²) in [5, 5.41) is 2.71. The van der Waals surface area contributed by atoms with Crippen molar-refractivity contribution in [3.05, 3.63) is 59.9 Å². The number of carbonyl (C=O) groups is 1. The predicted molar refractivity (Wildman–Crippen MR) is 88.4 cm³/mol. The number of methoxy groups -OCH3 is 1. The van der Waals surface area contributed by atoms with Crippen LogP contribution in [0.25, 0.3) is 0 Å². The fourth-order valence-electron chi connectivity index (χ4n) is 2.75. The molecule has 4 nitrogen and oxygen atoms in total. The van der Waals surface area contributed by atoms with Crippen molar-refractivity contribution in [2.45, 2.75) is 12.5 Å². The van der Waals surface area contributed by atoms with Crippen molar-refractivity contribution >= 4 is 17.3 Å². The third kappa shape index (κ3) is 3.51. The molecule has 0 aliphatic carbocycles. The highest BCUT2D eigenvalue weighted by atomic mass is 19.1. The Labute approximate surface area is 134 Å². The molecule has 0 saturated carbocycles. The summed E-state index contributed by atoms with van der Waals surface area (Å²) in [7, 11) is 1.73. The first-order valence-electron chi connectivity index (χ1n) is 7.61. The Hall–Kier alpha value is -2.40. The van der Waals surface area contributed by atoms with Crippen molar-refractivity contribution in [3.63, 3.8) is 0 Å². The Morgan fingerprint density at radius 2 is 1.96 bits per heavy atom. The topological polar surface area (TPSA) is 41.6 Å². The van der Waals surface area contributed by atoms with Crippen LogP contribution in [0.15, 0.2) is 48.5 Å². The van der Waals surface area contributed by atoms with Gasteiger partial charge in [0.05, 0.1) is 11.7 Å². The van der Waals surface area contributed by atoms with E-state index in [4.69, 9.17) is 4.74 Å². The fraction of sp³-hybridized carbons (Fsp3) is 0.278. The van der Waals surface area contributed by atoms with Crippen molar-refractivity contribution < 1.29 is 13.9 Å². The lowest BCUT2D eigenvalue weighted by molar-refractivity contribution is 0.102. The van der Waals surface area contributed by atoms with Crippen molar-refractivity contribution in [3.8, 4) is 0 Å². The van der Waals surface area contributed by atoms with E-state index in [-0.39, 0.29) is 11.7 Å². The summed E-state index contributed by atoms with van der Waals surface area (Å²) in [4.78, 5) is 14.3. The normalized spacial score (nSPS) is 17.3. The molecule has 2 aromatic rings. The molecule has 0 radical (unpaired) electrons. The summed E-state index contributed by atoms with van der Waals surface area (Å²) >= 11 is 0. The van der Waals surface area contributed by atoms with Gasteiger partial charge in [-0.15, -0.1) is 0 Å². The van der Waals surface area contributed by atoms with E-state index in [0.29, 0.717) is 5.69 Å². The molecule has 23 heavy (non-hydrogen) atoms. The van der Waals surface area contributed by atoms with E-state index in [2.05, 4.69) is 10.2 Å². The lowest BCUT2D eigenvalue weighted by atomic mass is 10.2. The van der Waals surface area contributed by atoms with Crippen LogP contribution in [0.2, 0.25) is 0 Å². The SMILES string of the molecule is COC1CCN(c2ccc(NC(=O)c3ccccc3F)cc2)C1. The minimum absolute atomic E-state index is 0.0408. The van der Waals surface area contributed by atoms with Crippen molar-refractivity contribution in [1.29, 1.82) is 0 Å². The summed E-state index contributed by atoms with van der Waals surface area (Å²) in [5.74, 6) is -0.972. The summed E-state index contributed by atoms with van der Waals surface area (Å²) in [6.07, 6.45) is 1.29. The molecule has 1 aliphatic rings. The van der Waals surface area contributed by atoms with Gasteiger partial charge < -0.3 is 15.0 Å². The number of anilines is 2. The summed E-state index contributed by atoms with van der Waals surface area (Å²) in [6.45, 7) is 1.83. The maximum Gasteiger partial charge on any atom is 0.258 e. The van der Waals surface area contributed by atoms with Gasteiger partial charge in [-0.3, -0.25) is 4.79 Å². The van der Waals surface area contributed by atoms with Gasteiger partial charge in [0.25, 0.3) is 5.91 Å². The summed E-state index contributed by atoms with van der Waals surface area (Å²) in [5.41, 5.74) is 1.77. The average Bonchev–Trinajstić information content (AvgIpc) is 3.05. The van der Waals surface area contributed by atoms with Gasteiger partial charge in [0.15, 0.2) is 0 Å². The summed E-state index contributed by atoms with van der Waals surface area (Å²) in [6, 6.07) is 13.5. The molecule has 3 rings (SSSR count). The van der Waals surface area contributed by atoms with Crippen LogP contribution >= 0.6 is 0 Å². The second-order valence-electron chi connectivity index (χ2n) is 5.57. The minimum Gasteiger partial charge on any atom is -0.380 e. The second kappa shape index (κ2) is 6.79. The summed E-state index contributed by atoms with van der Waals surface area (Å²) < 4.78 is 19.0. The molecule has 1 heterocycles. The van der Waals surface area contributed by atoms with E-state index in [1.807, 2.05) is 24.3 Å². The van der Waals surface area contributed by atoms with E-state index in [9.17, 15) is 9.18 Å². The van der Waals surface area contributed by atoms with Gasteiger partial charge in [0.2, 0.25) is 0 Å². The number of carbonyl (C=O) groups excluding carboxylic acids is 1. The third-order valence-electron chi connectivity index (χ3n) is 4.09. The molecule has 0 spiro atoms. The largest absolute Gasteiger partial charge is 0.380 e. The number of hydrogen-bond donors (Lipinski definition) is 1. The van der Waals surface area contributed by atoms with Gasteiger partial charge >= 0.3 is 0 Å². The van der Waals surface area contributed by atoms with Crippen molar-refractivity contribution in [2.24, 2.45) is 0 Å². The minimum atomic E-state index is -0.524. The maximum absolute atomic E-state index is 13.6. The Morgan fingerprint density at radius 1 is 1.22 bits per heavy atom. The molecule has 1 aliphatic heterocycles. The van der Waals surface area contributed by atoms with Crippen LogP contribution < -0.4 is 10.2 Å². The molecule has 1 atom stereocenters. The molecule has 5 heteroatoms. The number of nitrogens with one attached hydrogen (secondary N) is 1. The van der Waals surface area contributed by atoms with Gasteiger partial charge in [-0.25, -0.2) is 4.39 Å². The van der Waals surface area contributed by atoms with Gasteiger partial charge in [0.1, 0.15) is 5.82 Å². The zero-order valence-electron chi connectivity index (χ0n) is 13.0. The molecule has 1 amide bonds. The molecule has 0 bridgehead atoms. The van der Waals surface area contributed by atoms with Crippen LogP contribution in [-0.2, 0) is 4.74 Å². The lowest BCUT2D eigenvalue weighted by Crippen LogP contribution is -2.22. The Balaban J connectivity index is 1.66. The number of amides is 1. The first kappa shape index (κ1) is 15.5. The highest BCUT2D eigenvalue weighted by molar-refractivity contribution is 6.04. The Morgan fingerprint density at radius 3 is 2.61 bits per heavy atom. The monoisotopic (exact) mass is 314 g/mol. The number of halogens is 1. The standard InChI is InChI=1S/C18H19FN2O2/c1-23-15-10-11-21(12-15)14-8-6-13(7-9-14)20-18(22)16-4-2-3-5-17(16)19/h2-9,15H,10-12H2,1H3,(H,20,22). The number of benzene rings is 2. The molecular weight excluding hydrogens is 295 g/mol. The van der Waals surface area contributed by atoms with Crippen LogP contribution in [0, 0.1) is 5.82 Å². The predicted octanol–water partition coefficient (Wildman–Crippen LogP) is 3.30. The number of hydrogen-bond acceptors (Lipinski definition) is 3. The van der Waals surface area contributed by atoms with Crippen LogP contribution in [-0.4, -0.2) is 32.2 Å². The van der Waals surface area contributed by atoms with E-state index in [1.165, 1.54) is 12.1 Å². The second-order valence-corrected chi connectivity index (χ2v) is 5.57. The number of ether oxygens (including phenoxy) is 1. The molecule has 1 fully saturated rings. The van der Waals surface area contributed by atoms with Crippen LogP contribution in [0.4, 0.5) is 15.8 Å². The van der Waals surface area contributed by atoms with Crippen molar-refractivity contribution in [2.75, 3.05) is 30.4 Å². The number of nitrogens with zero attached hydrogens (tertiary/aromatic N) is 1. The zero-order chi connectivity index (χ0) is 16.2. The number of rotatable bonds is 4. The first-order chi connectivity index (χ1) is 11.2. The van der Waals surface area contributed by atoms with E-state index in [0.717, 1.165) is 25.2 Å². The van der Waals surface area contributed by atoms with E-state index >= 15 is 0 Å². The molecule has 1 N–H and O–H groups in total. The Kier molecular flexibility index (Phi) is 4.57. The van der Waals surface area contributed by atoms with Crippen LogP contribution in [0.3, 0.4) is 0 Å². The Bertz CT molecular complexity index is 688. The van der Waals surface area contributed by atoms with Crippen LogP contribution in [0.1, 0.15) is 16.8 Å². The molecule has 0 aromatic heterocycles. The van der Waals surface area contributed by atoms with Crippen LogP contribution in [0.5, 0.6) is 0 Å². The quantitative estimate of drug-likeness (QED) is 0.941. The van der Waals surface area contributed by atoms with Crippen molar-refractivity contribution in [1.82, 2.24) is 0 Å². The van der Waals surface area contributed by atoms with E-state index < -0.39 is 11.7 Å². The van der Waals surface area contributed by atoms with Gasteiger partial charge in [0, 0.05) is 31.6 Å². The zero-order valence-corrected chi connectivity index (χ0v) is 13.0. The van der Waals surface area contributed by atoms with Gasteiger partial charge in [-0.1, -0.05) is 12.1 Å². The highest BCUT2D eigenvalue weighted by Gasteiger charge is 2.22.